The van der Waals surface area contributed by atoms with Crippen molar-refractivity contribution in [3.63, 3.8) is 0 Å². The maximum absolute atomic E-state index is 12.3. The van der Waals surface area contributed by atoms with E-state index >= 15 is 0 Å². The number of rotatable bonds is 6. The van der Waals surface area contributed by atoms with Crippen LogP contribution < -0.4 is 10.0 Å². The highest BCUT2D eigenvalue weighted by atomic mass is 32.2. The molecule has 0 radical (unpaired) electrons. The molecule has 5 nitrogen and oxygen atoms in total. The van der Waals surface area contributed by atoms with Gasteiger partial charge in [-0.15, -0.1) is 0 Å². The van der Waals surface area contributed by atoms with Gasteiger partial charge in [0, 0.05) is 29.7 Å². The van der Waals surface area contributed by atoms with Crippen molar-refractivity contribution in [2.24, 2.45) is 0 Å². The number of hydrogen-bond acceptors (Lipinski definition) is 4. The zero-order valence-electron chi connectivity index (χ0n) is 11.6. The fourth-order valence-electron chi connectivity index (χ4n) is 1.92. The van der Waals surface area contributed by atoms with Crippen LogP contribution in [0.5, 0.6) is 0 Å². The smallest absolute Gasteiger partial charge is 0.236 e. The third-order valence-electron chi connectivity index (χ3n) is 3.14. The van der Waals surface area contributed by atoms with Crippen LogP contribution in [0, 0.1) is 0 Å². The summed E-state index contributed by atoms with van der Waals surface area (Å²) >= 11 is 0. The van der Waals surface area contributed by atoms with Crippen LogP contribution in [-0.2, 0) is 10.0 Å². The molecule has 1 unspecified atom stereocenters. The fraction of sp³-hybridized carbons (Fsp3) is 0.357. The van der Waals surface area contributed by atoms with Gasteiger partial charge in [0.05, 0.1) is 10.9 Å². The molecule has 0 saturated carbocycles. The summed E-state index contributed by atoms with van der Waals surface area (Å²) in [5.74, 6) is 0. The van der Waals surface area contributed by atoms with Crippen molar-refractivity contribution in [1.82, 2.24) is 10.3 Å². The van der Waals surface area contributed by atoms with Crippen LogP contribution in [0.2, 0.25) is 0 Å². The molecule has 20 heavy (non-hydrogen) atoms. The number of benzene rings is 1. The summed E-state index contributed by atoms with van der Waals surface area (Å²) in [4.78, 5) is 4.04. The van der Waals surface area contributed by atoms with E-state index in [0.717, 1.165) is 17.3 Å². The van der Waals surface area contributed by atoms with Gasteiger partial charge in [-0.1, -0.05) is 19.1 Å². The number of nitrogens with zero attached hydrogens (tertiary/aromatic N) is 1. The first kappa shape index (κ1) is 14.7. The SMILES string of the molecule is CCNCC(C)S(=O)(=O)Nc1cccc2cnccc12. The average Bonchev–Trinajstić information content (AvgIpc) is 2.44. The highest BCUT2D eigenvalue weighted by molar-refractivity contribution is 7.93. The molecule has 0 aliphatic heterocycles. The lowest BCUT2D eigenvalue weighted by Crippen LogP contribution is -2.34. The molecule has 2 aromatic rings. The molecule has 0 saturated heterocycles. The van der Waals surface area contributed by atoms with Gasteiger partial charge >= 0.3 is 0 Å². The zero-order valence-corrected chi connectivity index (χ0v) is 12.4. The highest BCUT2D eigenvalue weighted by Crippen LogP contribution is 2.23. The molecule has 0 aliphatic rings. The molecular formula is C14H19N3O2S. The van der Waals surface area contributed by atoms with Crippen molar-refractivity contribution in [1.29, 1.82) is 0 Å². The first-order valence-corrected chi connectivity index (χ1v) is 8.14. The Kier molecular flexibility index (Phi) is 4.57. The minimum atomic E-state index is -3.41. The number of sulfonamides is 1. The Morgan fingerprint density at radius 3 is 2.85 bits per heavy atom. The van der Waals surface area contributed by atoms with E-state index in [2.05, 4.69) is 15.0 Å². The van der Waals surface area contributed by atoms with Crippen molar-refractivity contribution >= 4 is 26.5 Å². The predicted octanol–water partition coefficient (Wildman–Crippen LogP) is 1.97. The molecule has 0 amide bonds. The number of nitrogens with one attached hydrogen (secondary N) is 2. The van der Waals surface area contributed by atoms with Gasteiger partial charge in [0.1, 0.15) is 0 Å². The van der Waals surface area contributed by atoms with Crippen molar-refractivity contribution in [3.05, 3.63) is 36.7 Å². The highest BCUT2D eigenvalue weighted by Gasteiger charge is 2.20. The van der Waals surface area contributed by atoms with Gasteiger partial charge in [-0.3, -0.25) is 9.71 Å². The van der Waals surface area contributed by atoms with Crippen molar-refractivity contribution in [2.45, 2.75) is 19.1 Å². The lowest BCUT2D eigenvalue weighted by atomic mass is 10.1. The van der Waals surface area contributed by atoms with Crippen molar-refractivity contribution in [3.8, 4) is 0 Å². The first-order valence-electron chi connectivity index (χ1n) is 6.59. The van der Waals surface area contributed by atoms with Crippen LogP contribution >= 0.6 is 0 Å². The average molecular weight is 293 g/mol. The molecular weight excluding hydrogens is 274 g/mol. The Bertz CT molecular complexity index is 680. The molecule has 0 fully saturated rings. The molecule has 0 spiro atoms. The summed E-state index contributed by atoms with van der Waals surface area (Å²) in [5, 5.41) is 4.31. The van der Waals surface area contributed by atoms with Crippen LogP contribution in [0.4, 0.5) is 5.69 Å². The van der Waals surface area contributed by atoms with Gasteiger partial charge in [-0.25, -0.2) is 8.42 Å². The molecule has 6 heteroatoms. The van der Waals surface area contributed by atoms with E-state index in [0.29, 0.717) is 12.2 Å². The van der Waals surface area contributed by atoms with E-state index in [1.54, 1.807) is 25.4 Å². The number of anilines is 1. The summed E-state index contributed by atoms with van der Waals surface area (Å²) < 4.78 is 27.2. The minimum Gasteiger partial charge on any atom is -0.316 e. The third-order valence-corrected chi connectivity index (χ3v) is 4.87. The van der Waals surface area contributed by atoms with Gasteiger partial charge < -0.3 is 5.32 Å². The molecule has 0 aliphatic carbocycles. The standard InChI is InChI=1S/C14H19N3O2S/c1-3-15-9-11(2)20(18,19)17-14-6-4-5-12-10-16-8-7-13(12)14/h4-8,10-11,15,17H,3,9H2,1-2H3. The maximum atomic E-state index is 12.3. The fourth-order valence-corrected chi connectivity index (χ4v) is 2.95. The minimum absolute atomic E-state index is 0.429. The Labute approximate surface area is 119 Å². The maximum Gasteiger partial charge on any atom is 0.236 e. The van der Waals surface area contributed by atoms with E-state index in [4.69, 9.17) is 0 Å². The first-order chi connectivity index (χ1) is 9.54. The Morgan fingerprint density at radius 2 is 2.10 bits per heavy atom. The quantitative estimate of drug-likeness (QED) is 0.854. The largest absolute Gasteiger partial charge is 0.316 e. The Balaban J connectivity index is 2.27. The van der Waals surface area contributed by atoms with E-state index in [1.807, 2.05) is 25.1 Å². The summed E-state index contributed by atoms with van der Waals surface area (Å²) in [6.45, 7) is 4.82. The molecule has 1 aromatic heterocycles. The second-order valence-electron chi connectivity index (χ2n) is 4.67. The Hall–Kier alpha value is -1.66. The van der Waals surface area contributed by atoms with E-state index < -0.39 is 15.3 Å². The van der Waals surface area contributed by atoms with E-state index in [9.17, 15) is 8.42 Å². The topological polar surface area (TPSA) is 71.1 Å². The summed E-state index contributed by atoms with van der Waals surface area (Å²) in [6, 6.07) is 7.29. The van der Waals surface area contributed by atoms with Gasteiger partial charge in [0.25, 0.3) is 0 Å². The van der Waals surface area contributed by atoms with Crippen LogP contribution in [0.1, 0.15) is 13.8 Å². The summed E-state index contributed by atoms with van der Waals surface area (Å²) in [6.07, 6.45) is 3.37. The molecule has 108 valence electrons. The molecule has 2 N–H and O–H groups in total. The van der Waals surface area contributed by atoms with Gasteiger partial charge in [0.2, 0.25) is 10.0 Å². The lowest BCUT2D eigenvalue weighted by molar-refractivity contribution is 0.579. The molecule has 1 atom stereocenters. The van der Waals surface area contributed by atoms with Gasteiger partial charge in [-0.05, 0) is 25.6 Å². The molecule has 1 heterocycles. The zero-order chi connectivity index (χ0) is 14.6. The number of pyridine rings is 1. The number of hydrogen-bond donors (Lipinski definition) is 2. The number of fused-ring (bicyclic) bond motifs is 1. The molecule has 1 aromatic carbocycles. The van der Waals surface area contributed by atoms with Crippen LogP contribution in [0.15, 0.2) is 36.7 Å². The normalized spacial score (nSPS) is 13.3. The van der Waals surface area contributed by atoms with E-state index in [-0.39, 0.29) is 0 Å². The second-order valence-corrected chi connectivity index (χ2v) is 6.77. The van der Waals surface area contributed by atoms with Crippen molar-refractivity contribution in [2.75, 3.05) is 17.8 Å². The third kappa shape index (κ3) is 3.26. The second kappa shape index (κ2) is 6.19. The predicted molar refractivity (Wildman–Crippen MR) is 82.3 cm³/mol. The monoisotopic (exact) mass is 293 g/mol. The van der Waals surface area contributed by atoms with Crippen LogP contribution in [0.3, 0.4) is 0 Å². The number of aromatic nitrogens is 1. The molecule has 0 bridgehead atoms. The molecule has 2 rings (SSSR count). The van der Waals surface area contributed by atoms with Crippen LogP contribution in [-0.4, -0.2) is 31.7 Å². The van der Waals surface area contributed by atoms with Crippen LogP contribution in [0.25, 0.3) is 10.8 Å². The summed E-state index contributed by atoms with van der Waals surface area (Å²) in [5.41, 5.74) is 0.591. The van der Waals surface area contributed by atoms with Gasteiger partial charge in [-0.2, -0.15) is 0 Å². The van der Waals surface area contributed by atoms with Gasteiger partial charge in [0.15, 0.2) is 0 Å². The van der Waals surface area contributed by atoms with E-state index in [1.165, 1.54) is 0 Å². The summed E-state index contributed by atoms with van der Waals surface area (Å²) in [7, 11) is -3.41. The van der Waals surface area contributed by atoms with Crippen molar-refractivity contribution < 1.29 is 8.42 Å². The Morgan fingerprint density at radius 1 is 1.30 bits per heavy atom. The lowest BCUT2D eigenvalue weighted by Gasteiger charge is -2.16.